The third kappa shape index (κ3) is 6.59. The minimum atomic E-state index is -0.357. The number of ether oxygens (including phenoxy) is 2. The number of benzene rings is 1. The highest BCUT2D eigenvalue weighted by molar-refractivity contribution is 5.91. The predicted octanol–water partition coefficient (Wildman–Crippen LogP) is 4.59. The van der Waals surface area contributed by atoms with Gasteiger partial charge in [0, 0.05) is 6.54 Å². The Balaban J connectivity index is 2.68. The van der Waals surface area contributed by atoms with Crippen LogP contribution < -0.4 is 10.1 Å². The summed E-state index contributed by atoms with van der Waals surface area (Å²) in [4.78, 5) is 11.6. The summed E-state index contributed by atoms with van der Waals surface area (Å²) in [5, 5.41) is 3.29. The second-order valence-corrected chi connectivity index (χ2v) is 5.66. The van der Waals surface area contributed by atoms with Crippen LogP contribution in [0.15, 0.2) is 41.5 Å². The van der Waals surface area contributed by atoms with E-state index in [0.29, 0.717) is 17.9 Å². The Hall–Kier alpha value is -2.23. The van der Waals surface area contributed by atoms with Gasteiger partial charge in [0.2, 0.25) is 0 Å². The average molecular weight is 317 g/mol. The van der Waals surface area contributed by atoms with Crippen LogP contribution in [-0.2, 0) is 4.74 Å². The maximum atomic E-state index is 11.6. The molecule has 4 heteroatoms. The fourth-order valence-electron chi connectivity index (χ4n) is 2.12. The minimum Gasteiger partial charge on any atom is -0.495 e. The van der Waals surface area contributed by atoms with Crippen molar-refractivity contribution in [2.45, 2.75) is 33.6 Å². The van der Waals surface area contributed by atoms with E-state index in [0.717, 1.165) is 18.5 Å². The molecule has 0 bridgehead atoms. The summed E-state index contributed by atoms with van der Waals surface area (Å²) in [7, 11) is 2.98. The molecule has 0 spiro atoms. The number of carbonyl (C=O) groups is 1. The van der Waals surface area contributed by atoms with Crippen molar-refractivity contribution in [1.29, 1.82) is 0 Å². The highest BCUT2D eigenvalue weighted by Gasteiger charge is 2.09. The first-order valence-corrected chi connectivity index (χ1v) is 7.77. The van der Waals surface area contributed by atoms with Crippen LogP contribution in [0.2, 0.25) is 0 Å². The van der Waals surface area contributed by atoms with Gasteiger partial charge < -0.3 is 14.8 Å². The van der Waals surface area contributed by atoms with Crippen molar-refractivity contribution >= 4 is 11.7 Å². The number of carbonyl (C=O) groups excluding carboxylic acids is 1. The van der Waals surface area contributed by atoms with Crippen molar-refractivity contribution in [2.75, 3.05) is 26.1 Å². The molecule has 1 aromatic carbocycles. The molecule has 0 fully saturated rings. The lowest BCUT2D eigenvalue weighted by Crippen LogP contribution is -2.05. The topological polar surface area (TPSA) is 47.6 Å². The Kier molecular flexibility index (Phi) is 7.95. The molecular weight excluding hydrogens is 290 g/mol. The lowest BCUT2D eigenvalue weighted by molar-refractivity contribution is 0.0601. The quantitative estimate of drug-likeness (QED) is 0.563. The Labute approximate surface area is 139 Å². The zero-order valence-electron chi connectivity index (χ0n) is 14.7. The van der Waals surface area contributed by atoms with Gasteiger partial charge in [-0.25, -0.2) is 4.79 Å². The van der Waals surface area contributed by atoms with Crippen LogP contribution in [0.25, 0.3) is 0 Å². The summed E-state index contributed by atoms with van der Waals surface area (Å²) in [6.45, 7) is 7.03. The van der Waals surface area contributed by atoms with E-state index in [1.54, 1.807) is 25.3 Å². The number of hydrogen-bond donors (Lipinski definition) is 1. The standard InChI is InChI=1S/C19H27NO3/c1-14(2)7-6-8-15(3)11-12-20-17-13-16(19(21)23-5)9-10-18(17)22-4/h7,9-11,13,20H,6,8,12H2,1-5H3. The molecule has 23 heavy (non-hydrogen) atoms. The van der Waals surface area contributed by atoms with Gasteiger partial charge in [0.25, 0.3) is 0 Å². The summed E-state index contributed by atoms with van der Waals surface area (Å²) in [5.74, 6) is 0.345. The number of anilines is 1. The lowest BCUT2D eigenvalue weighted by Gasteiger charge is -2.11. The third-order valence-corrected chi connectivity index (χ3v) is 3.45. The fourth-order valence-corrected chi connectivity index (χ4v) is 2.12. The van der Waals surface area contributed by atoms with Gasteiger partial charge in [-0.05, 0) is 51.8 Å². The first-order valence-electron chi connectivity index (χ1n) is 7.77. The van der Waals surface area contributed by atoms with E-state index < -0.39 is 0 Å². The van der Waals surface area contributed by atoms with Gasteiger partial charge >= 0.3 is 5.97 Å². The fraction of sp³-hybridized carbons (Fsp3) is 0.421. The van der Waals surface area contributed by atoms with E-state index in [1.165, 1.54) is 18.3 Å². The summed E-state index contributed by atoms with van der Waals surface area (Å²) in [6, 6.07) is 5.20. The predicted molar refractivity (Wildman–Crippen MR) is 95.2 cm³/mol. The van der Waals surface area contributed by atoms with E-state index in [2.05, 4.69) is 38.2 Å². The Morgan fingerprint density at radius 2 is 1.91 bits per heavy atom. The van der Waals surface area contributed by atoms with Crippen molar-refractivity contribution in [3.8, 4) is 5.75 Å². The number of esters is 1. The number of hydrogen-bond acceptors (Lipinski definition) is 4. The smallest absolute Gasteiger partial charge is 0.337 e. The zero-order valence-corrected chi connectivity index (χ0v) is 14.7. The van der Waals surface area contributed by atoms with E-state index in [-0.39, 0.29) is 5.97 Å². The van der Waals surface area contributed by atoms with Crippen LogP contribution in [-0.4, -0.2) is 26.7 Å². The molecule has 0 aromatic heterocycles. The van der Waals surface area contributed by atoms with Gasteiger partial charge in [0.15, 0.2) is 0 Å². The minimum absolute atomic E-state index is 0.357. The molecule has 1 aromatic rings. The van der Waals surface area contributed by atoms with E-state index in [4.69, 9.17) is 9.47 Å². The molecule has 0 aliphatic carbocycles. The first kappa shape index (κ1) is 18.8. The molecule has 126 valence electrons. The maximum Gasteiger partial charge on any atom is 0.337 e. The van der Waals surface area contributed by atoms with Crippen molar-refractivity contribution in [3.05, 3.63) is 47.1 Å². The van der Waals surface area contributed by atoms with Crippen LogP contribution in [0.1, 0.15) is 44.0 Å². The van der Waals surface area contributed by atoms with Gasteiger partial charge in [0.05, 0.1) is 25.5 Å². The monoisotopic (exact) mass is 317 g/mol. The van der Waals surface area contributed by atoms with Crippen LogP contribution in [0.5, 0.6) is 5.75 Å². The third-order valence-electron chi connectivity index (χ3n) is 3.45. The first-order chi connectivity index (χ1) is 11.0. The van der Waals surface area contributed by atoms with Gasteiger partial charge in [0.1, 0.15) is 5.75 Å². The summed E-state index contributed by atoms with van der Waals surface area (Å²) < 4.78 is 10.1. The van der Waals surface area contributed by atoms with Gasteiger partial charge in [-0.1, -0.05) is 23.3 Å². The average Bonchev–Trinajstić information content (AvgIpc) is 2.53. The number of allylic oxidation sites excluding steroid dienone is 3. The number of nitrogens with one attached hydrogen (secondary N) is 1. The summed E-state index contributed by atoms with van der Waals surface area (Å²) in [6.07, 6.45) is 6.51. The van der Waals surface area contributed by atoms with Crippen molar-refractivity contribution in [2.24, 2.45) is 0 Å². The molecule has 0 aliphatic heterocycles. The van der Waals surface area contributed by atoms with Crippen LogP contribution in [0.3, 0.4) is 0 Å². The SMILES string of the molecule is COC(=O)c1ccc(OC)c(NCC=C(C)CCC=C(C)C)c1. The van der Waals surface area contributed by atoms with Crippen molar-refractivity contribution < 1.29 is 14.3 Å². The second-order valence-electron chi connectivity index (χ2n) is 5.66. The Bertz CT molecular complexity index is 584. The maximum absolute atomic E-state index is 11.6. The molecule has 0 atom stereocenters. The molecule has 0 amide bonds. The van der Waals surface area contributed by atoms with Gasteiger partial charge in [-0.15, -0.1) is 0 Å². The molecule has 0 radical (unpaired) electrons. The Morgan fingerprint density at radius 3 is 2.52 bits per heavy atom. The van der Waals surface area contributed by atoms with Gasteiger partial charge in [-0.2, -0.15) is 0 Å². The largest absolute Gasteiger partial charge is 0.495 e. The summed E-state index contributed by atoms with van der Waals surface area (Å²) in [5.41, 5.74) is 3.96. The molecule has 0 aliphatic rings. The van der Waals surface area contributed by atoms with E-state index >= 15 is 0 Å². The zero-order chi connectivity index (χ0) is 17.2. The van der Waals surface area contributed by atoms with Crippen molar-refractivity contribution in [1.82, 2.24) is 0 Å². The summed E-state index contributed by atoms with van der Waals surface area (Å²) >= 11 is 0. The molecule has 0 saturated heterocycles. The number of rotatable bonds is 8. The van der Waals surface area contributed by atoms with E-state index in [1.807, 2.05) is 0 Å². The molecule has 0 saturated carbocycles. The van der Waals surface area contributed by atoms with Gasteiger partial charge in [-0.3, -0.25) is 0 Å². The van der Waals surface area contributed by atoms with Crippen LogP contribution in [0, 0.1) is 0 Å². The normalized spacial score (nSPS) is 10.9. The molecule has 1 N–H and O–H groups in total. The van der Waals surface area contributed by atoms with Crippen molar-refractivity contribution in [3.63, 3.8) is 0 Å². The highest BCUT2D eigenvalue weighted by atomic mass is 16.5. The van der Waals surface area contributed by atoms with E-state index in [9.17, 15) is 4.79 Å². The lowest BCUT2D eigenvalue weighted by atomic mass is 10.1. The number of methoxy groups -OCH3 is 2. The van der Waals surface area contributed by atoms with Crippen LogP contribution >= 0.6 is 0 Å². The molecular formula is C19H27NO3. The molecule has 0 heterocycles. The molecule has 0 unspecified atom stereocenters. The second kappa shape index (κ2) is 9.72. The molecule has 4 nitrogen and oxygen atoms in total. The van der Waals surface area contributed by atoms with Crippen LogP contribution in [0.4, 0.5) is 5.69 Å². The molecule has 1 rings (SSSR count). The Morgan fingerprint density at radius 1 is 1.17 bits per heavy atom. The highest BCUT2D eigenvalue weighted by Crippen LogP contribution is 2.25.